The van der Waals surface area contributed by atoms with Gasteiger partial charge in [-0.05, 0) is 43.3 Å². The number of nitrogens with two attached hydrogens (primary N) is 1. The van der Waals surface area contributed by atoms with Gasteiger partial charge in [-0.25, -0.2) is 9.78 Å². The number of carbonyl (C=O) groups is 2. The van der Waals surface area contributed by atoms with E-state index in [9.17, 15) is 9.59 Å². The van der Waals surface area contributed by atoms with Crippen LogP contribution in [0.15, 0.2) is 42.6 Å². The predicted molar refractivity (Wildman–Crippen MR) is 83.6 cm³/mol. The number of anilines is 2. The van der Waals surface area contributed by atoms with E-state index in [4.69, 9.17) is 22.1 Å². The third-order valence-corrected chi connectivity index (χ3v) is 3.00. The van der Waals surface area contributed by atoms with Crippen LogP contribution in [0.1, 0.15) is 17.3 Å². The van der Waals surface area contributed by atoms with Gasteiger partial charge < -0.3 is 15.8 Å². The Balaban J connectivity index is 1.94. The maximum atomic E-state index is 11.9. The van der Waals surface area contributed by atoms with Crippen LogP contribution in [0, 0.1) is 0 Å². The number of amides is 1. The second-order valence-electron chi connectivity index (χ2n) is 4.52. The van der Waals surface area contributed by atoms with Gasteiger partial charge in [0.2, 0.25) is 0 Å². The zero-order valence-corrected chi connectivity index (χ0v) is 12.5. The number of nitrogens with one attached hydrogen (secondary N) is 1. The standard InChI is InChI=1S/C15H14ClN3O3/c1-9(14(20)19-13-7-4-11(16)8-18-13)22-15(21)10-2-5-12(17)6-3-10/h2-9H,17H2,1H3,(H,18,19,20). The molecular weight excluding hydrogens is 306 g/mol. The van der Waals surface area contributed by atoms with E-state index in [2.05, 4.69) is 10.3 Å². The Hall–Kier alpha value is -2.60. The first-order valence-electron chi connectivity index (χ1n) is 6.44. The number of halogens is 1. The van der Waals surface area contributed by atoms with Gasteiger partial charge in [0.15, 0.2) is 6.10 Å². The molecule has 1 amide bonds. The van der Waals surface area contributed by atoms with E-state index in [0.29, 0.717) is 22.1 Å². The van der Waals surface area contributed by atoms with Crippen molar-refractivity contribution in [3.63, 3.8) is 0 Å². The highest BCUT2D eigenvalue weighted by atomic mass is 35.5. The van der Waals surface area contributed by atoms with Gasteiger partial charge in [0.25, 0.3) is 5.91 Å². The summed E-state index contributed by atoms with van der Waals surface area (Å²) in [5, 5.41) is 2.99. The molecule has 2 rings (SSSR count). The molecular formula is C15H14ClN3O3. The summed E-state index contributed by atoms with van der Waals surface area (Å²) >= 11 is 5.71. The topological polar surface area (TPSA) is 94.3 Å². The second-order valence-corrected chi connectivity index (χ2v) is 4.96. The Kier molecular flexibility index (Phi) is 4.95. The van der Waals surface area contributed by atoms with Crippen molar-refractivity contribution >= 4 is 35.0 Å². The van der Waals surface area contributed by atoms with Gasteiger partial charge in [-0.3, -0.25) is 4.79 Å². The molecule has 1 heterocycles. The normalized spacial score (nSPS) is 11.5. The molecule has 1 aromatic heterocycles. The number of carbonyl (C=O) groups excluding carboxylic acids is 2. The van der Waals surface area contributed by atoms with E-state index < -0.39 is 18.0 Å². The van der Waals surface area contributed by atoms with Crippen LogP contribution in [-0.2, 0) is 9.53 Å². The monoisotopic (exact) mass is 319 g/mol. The summed E-state index contributed by atoms with van der Waals surface area (Å²) in [6.07, 6.45) is 0.435. The number of benzene rings is 1. The summed E-state index contributed by atoms with van der Waals surface area (Å²) in [7, 11) is 0. The van der Waals surface area contributed by atoms with Crippen LogP contribution in [0.3, 0.4) is 0 Å². The highest BCUT2D eigenvalue weighted by molar-refractivity contribution is 6.30. The molecule has 22 heavy (non-hydrogen) atoms. The molecule has 0 fully saturated rings. The smallest absolute Gasteiger partial charge is 0.338 e. The summed E-state index contributed by atoms with van der Waals surface area (Å²) < 4.78 is 5.09. The molecule has 1 unspecified atom stereocenters. The van der Waals surface area contributed by atoms with E-state index in [0.717, 1.165) is 0 Å². The van der Waals surface area contributed by atoms with Crippen molar-refractivity contribution in [2.45, 2.75) is 13.0 Å². The Bertz CT molecular complexity index is 671. The third kappa shape index (κ3) is 4.20. The molecule has 0 spiro atoms. The number of hydrogen-bond donors (Lipinski definition) is 2. The lowest BCUT2D eigenvalue weighted by Crippen LogP contribution is -2.30. The zero-order valence-electron chi connectivity index (χ0n) is 11.7. The number of nitrogen functional groups attached to an aromatic ring is 1. The third-order valence-electron chi connectivity index (χ3n) is 2.78. The van der Waals surface area contributed by atoms with E-state index in [1.165, 1.54) is 25.3 Å². The van der Waals surface area contributed by atoms with Crippen molar-refractivity contribution in [1.29, 1.82) is 0 Å². The lowest BCUT2D eigenvalue weighted by atomic mass is 10.2. The first-order chi connectivity index (χ1) is 10.5. The Labute approximate surface area is 132 Å². The fourth-order valence-electron chi connectivity index (χ4n) is 1.58. The number of rotatable bonds is 4. The van der Waals surface area contributed by atoms with Crippen molar-refractivity contribution in [2.75, 3.05) is 11.1 Å². The predicted octanol–water partition coefficient (Wildman–Crippen LogP) is 2.50. The summed E-state index contributed by atoms with van der Waals surface area (Å²) in [5.41, 5.74) is 6.40. The van der Waals surface area contributed by atoms with Crippen LogP contribution in [0.2, 0.25) is 5.02 Å². The van der Waals surface area contributed by atoms with Gasteiger partial charge in [-0.15, -0.1) is 0 Å². The molecule has 0 aliphatic rings. The number of esters is 1. The van der Waals surface area contributed by atoms with Crippen molar-refractivity contribution < 1.29 is 14.3 Å². The summed E-state index contributed by atoms with van der Waals surface area (Å²) in [5.74, 6) is -0.768. The van der Waals surface area contributed by atoms with Crippen LogP contribution in [0.5, 0.6) is 0 Å². The SMILES string of the molecule is CC(OC(=O)c1ccc(N)cc1)C(=O)Nc1ccc(Cl)cn1. The molecule has 3 N–H and O–H groups in total. The summed E-state index contributed by atoms with van der Waals surface area (Å²) in [6.45, 7) is 1.47. The van der Waals surface area contributed by atoms with Crippen LogP contribution >= 0.6 is 11.6 Å². The van der Waals surface area contributed by atoms with Crippen LogP contribution < -0.4 is 11.1 Å². The minimum Gasteiger partial charge on any atom is -0.449 e. The molecule has 1 aromatic carbocycles. The minimum atomic E-state index is -0.970. The van der Waals surface area contributed by atoms with E-state index in [1.54, 1.807) is 24.3 Å². The zero-order chi connectivity index (χ0) is 16.1. The van der Waals surface area contributed by atoms with Crippen molar-refractivity contribution in [2.24, 2.45) is 0 Å². The fraction of sp³-hybridized carbons (Fsp3) is 0.133. The number of aromatic nitrogens is 1. The highest BCUT2D eigenvalue weighted by Crippen LogP contribution is 2.11. The number of hydrogen-bond acceptors (Lipinski definition) is 5. The maximum Gasteiger partial charge on any atom is 0.338 e. The Morgan fingerprint density at radius 3 is 2.50 bits per heavy atom. The van der Waals surface area contributed by atoms with Crippen LogP contribution in [0.4, 0.5) is 11.5 Å². The first-order valence-corrected chi connectivity index (χ1v) is 6.82. The quantitative estimate of drug-likeness (QED) is 0.667. The molecule has 6 nitrogen and oxygen atoms in total. The molecule has 0 bridgehead atoms. The number of pyridine rings is 1. The van der Waals surface area contributed by atoms with E-state index in [1.807, 2.05) is 0 Å². The van der Waals surface area contributed by atoms with Gasteiger partial charge in [-0.1, -0.05) is 11.6 Å². The number of nitrogens with zero attached hydrogens (tertiary/aromatic N) is 1. The highest BCUT2D eigenvalue weighted by Gasteiger charge is 2.19. The van der Waals surface area contributed by atoms with Gasteiger partial charge >= 0.3 is 5.97 Å². The molecule has 1 atom stereocenters. The Morgan fingerprint density at radius 2 is 1.91 bits per heavy atom. The lowest BCUT2D eigenvalue weighted by molar-refractivity contribution is -0.123. The number of ether oxygens (including phenoxy) is 1. The minimum absolute atomic E-state index is 0.318. The van der Waals surface area contributed by atoms with E-state index >= 15 is 0 Å². The van der Waals surface area contributed by atoms with Crippen LogP contribution in [0.25, 0.3) is 0 Å². The molecule has 7 heteroatoms. The van der Waals surface area contributed by atoms with Crippen molar-refractivity contribution in [3.05, 3.63) is 53.2 Å². The molecule has 0 aliphatic heterocycles. The lowest BCUT2D eigenvalue weighted by Gasteiger charge is -2.13. The summed E-state index contributed by atoms with van der Waals surface area (Å²) in [6, 6.07) is 9.37. The maximum absolute atomic E-state index is 11.9. The summed E-state index contributed by atoms with van der Waals surface area (Å²) in [4.78, 5) is 27.8. The first kappa shape index (κ1) is 15.8. The van der Waals surface area contributed by atoms with Gasteiger partial charge in [0.05, 0.1) is 10.6 Å². The van der Waals surface area contributed by atoms with Gasteiger partial charge in [0, 0.05) is 11.9 Å². The van der Waals surface area contributed by atoms with Crippen LogP contribution in [-0.4, -0.2) is 23.0 Å². The molecule has 114 valence electrons. The largest absolute Gasteiger partial charge is 0.449 e. The molecule has 2 aromatic rings. The second kappa shape index (κ2) is 6.91. The van der Waals surface area contributed by atoms with E-state index in [-0.39, 0.29) is 0 Å². The molecule has 0 radical (unpaired) electrons. The average molecular weight is 320 g/mol. The average Bonchev–Trinajstić information content (AvgIpc) is 2.50. The molecule has 0 saturated carbocycles. The molecule has 0 saturated heterocycles. The van der Waals surface area contributed by atoms with Gasteiger partial charge in [-0.2, -0.15) is 0 Å². The Morgan fingerprint density at radius 1 is 1.23 bits per heavy atom. The van der Waals surface area contributed by atoms with Crippen molar-refractivity contribution in [1.82, 2.24) is 4.98 Å². The van der Waals surface area contributed by atoms with Gasteiger partial charge in [0.1, 0.15) is 5.82 Å². The fourth-order valence-corrected chi connectivity index (χ4v) is 1.69. The van der Waals surface area contributed by atoms with Crippen molar-refractivity contribution in [3.8, 4) is 0 Å². The molecule has 0 aliphatic carbocycles.